The van der Waals surface area contributed by atoms with Crippen LogP contribution in [0.3, 0.4) is 0 Å². The Labute approximate surface area is 202 Å². The second-order valence-electron chi connectivity index (χ2n) is 9.72. The molecule has 0 aliphatic heterocycles. The van der Waals surface area contributed by atoms with Gasteiger partial charge in [-0.2, -0.15) is 5.26 Å². The molecule has 3 rings (SSSR count). The van der Waals surface area contributed by atoms with E-state index in [1.165, 1.54) is 11.1 Å². The highest BCUT2D eigenvalue weighted by Gasteiger charge is 2.28. The van der Waals surface area contributed by atoms with Crippen LogP contribution in [-0.2, 0) is 28.8 Å². The number of hydrogen-bond donors (Lipinski definition) is 2. The predicted octanol–water partition coefficient (Wildman–Crippen LogP) is 3.97. The van der Waals surface area contributed by atoms with Crippen LogP contribution in [0.5, 0.6) is 5.75 Å². The van der Waals surface area contributed by atoms with Crippen molar-refractivity contribution in [3.8, 4) is 11.8 Å². The number of fused-ring (bicyclic) bond motifs is 1. The van der Waals surface area contributed by atoms with Crippen LogP contribution < -0.4 is 10.1 Å². The van der Waals surface area contributed by atoms with E-state index in [1.54, 1.807) is 25.1 Å². The topological polar surface area (TPSA) is 91.6 Å². The molecule has 1 aliphatic rings. The van der Waals surface area contributed by atoms with E-state index in [0.717, 1.165) is 24.8 Å². The van der Waals surface area contributed by atoms with Gasteiger partial charge in [-0.1, -0.05) is 30.3 Å². The summed E-state index contributed by atoms with van der Waals surface area (Å²) in [7, 11) is 0. The fourth-order valence-corrected chi connectivity index (χ4v) is 4.66. The number of aliphatic hydroxyl groups is 1. The number of carbonyl (C=O) groups excluding carboxylic acids is 1. The van der Waals surface area contributed by atoms with Crippen molar-refractivity contribution in [2.75, 3.05) is 19.8 Å². The maximum atomic E-state index is 11.7. The van der Waals surface area contributed by atoms with Gasteiger partial charge < -0.3 is 19.9 Å². The summed E-state index contributed by atoms with van der Waals surface area (Å²) in [6.45, 7) is 6.97. The van der Waals surface area contributed by atoms with Gasteiger partial charge in [0.2, 0.25) is 0 Å². The Morgan fingerprint density at radius 3 is 2.59 bits per heavy atom. The fourth-order valence-electron chi connectivity index (χ4n) is 4.66. The molecule has 0 bridgehead atoms. The third kappa shape index (κ3) is 7.58. The lowest BCUT2D eigenvalue weighted by atomic mass is 9.88. The number of esters is 1. The SMILES string of the molecule is CCOC(=O)CCc1ccc(C#N)cc1OCC(O)CNC(C)(C)CC1Cc2ccccc2C1. The van der Waals surface area contributed by atoms with Gasteiger partial charge in [-0.15, -0.1) is 0 Å². The molecule has 34 heavy (non-hydrogen) atoms. The largest absolute Gasteiger partial charge is 0.491 e. The van der Waals surface area contributed by atoms with Crippen molar-refractivity contribution in [3.05, 3.63) is 64.7 Å². The number of benzene rings is 2. The van der Waals surface area contributed by atoms with Crippen molar-refractivity contribution in [1.82, 2.24) is 5.32 Å². The Bertz CT molecular complexity index is 987. The van der Waals surface area contributed by atoms with Crippen LogP contribution in [0.2, 0.25) is 0 Å². The number of hydrogen-bond acceptors (Lipinski definition) is 6. The van der Waals surface area contributed by atoms with E-state index in [-0.39, 0.29) is 24.5 Å². The maximum absolute atomic E-state index is 11.7. The Morgan fingerprint density at radius 2 is 1.94 bits per heavy atom. The molecule has 2 aromatic carbocycles. The first kappa shape index (κ1) is 25.7. The van der Waals surface area contributed by atoms with E-state index >= 15 is 0 Å². The van der Waals surface area contributed by atoms with Crippen molar-refractivity contribution >= 4 is 5.97 Å². The first-order valence-corrected chi connectivity index (χ1v) is 12.1. The van der Waals surface area contributed by atoms with Crippen molar-refractivity contribution in [1.29, 1.82) is 5.26 Å². The predicted molar refractivity (Wildman–Crippen MR) is 132 cm³/mol. The van der Waals surface area contributed by atoms with Crippen LogP contribution in [0.15, 0.2) is 42.5 Å². The smallest absolute Gasteiger partial charge is 0.306 e. The first-order chi connectivity index (χ1) is 16.3. The summed E-state index contributed by atoms with van der Waals surface area (Å²) in [5.41, 5.74) is 4.08. The average Bonchev–Trinajstić information content (AvgIpc) is 3.22. The molecule has 182 valence electrons. The van der Waals surface area contributed by atoms with E-state index in [1.807, 2.05) is 0 Å². The van der Waals surface area contributed by atoms with Gasteiger partial charge in [-0.3, -0.25) is 4.79 Å². The minimum absolute atomic E-state index is 0.0965. The van der Waals surface area contributed by atoms with Crippen LogP contribution in [0.1, 0.15) is 55.9 Å². The highest BCUT2D eigenvalue weighted by atomic mass is 16.5. The summed E-state index contributed by atoms with van der Waals surface area (Å²) < 4.78 is 10.9. The summed E-state index contributed by atoms with van der Waals surface area (Å²) in [6, 6.07) is 15.9. The molecular weight excluding hydrogens is 428 g/mol. The van der Waals surface area contributed by atoms with Gasteiger partial charge in [-0.05, 0) is 81.2 Å². The average molecular weight is 465 g/mol. The molecule has 0 amide bonds. The lowest BCUT2D eigenvalue weighted by Gasteiger charge is -2.30. The molecule has 6 nitrogen and oxygen atoms in total. The number of nitrogens with zero attached hydrogens (tertiary/aromatic N) is 1. The van der Waals surface area contributed by atoms with Crippen LogP contribution in [0, 0.1) is 17.2 Å². The number of aryl methyl sites for hydroxylation is 1. The van der Waals surface area contributed by atoms with Gasteiger partial charge in [0.05, 0.1) is 18.2 Å². The summed E-state index contributed by atoms with van der Waals surface area (Å²) in [4.78, 5) is 11.7. The molecule has 0 spiro atoms. The number of nitriles is 1. The number of carbonyl (C=O) groups is 1. The number of rotatable bonds is 12. The summed E-state index contributed by atoms with van der Waals surface area (Å²) in [5.74, 6) is 0.851. The molecule has 0 heterocycles. The van der Waals surface area contributed by atoms with Gasteiger partial charge >= 0.3 is 5.97 Å². The second-order valence-corrected chi connectivity index (χ2v) is 9.72. The third-order valence-electron chi connectivity index (χ3n) is 6.28. The van der Waals surface area contributed by atoms with Gasteiger partial charge in [0.1, 0.15) is 18.5 Å². The van der Waals surface area contributed by atoms with Crippen LogP contribution in [0.25, 0.3) is 0 Å². The van der Waals surface area contributed by atoms with Crippen LogP contribution >= 0.6 is 0 Å². The lowest BCUT2D eigenvalue weighted by Crippen LogP contribution is -2.46. The van der Waals surface area contributed by atoms with Crippen molar-refractivity contribution in [2.24, 2.45) is 5.92 Å². The Balaban J connectivity index is 1.48. The molecule has 0 fully saturated rings. The molecule has 1 atom stereocenters. The van der Waals surface area contributed by atoms with Gasteiger partial charge in [0, 0.05) is 18.5 Å². The monoisotopic (exact) mass is 464 g/mol. The Kier molecular flexibility index (Phi) is 9.09. The minimum Gasteiger partial charge on any atom is -0.491 e. The molecular formula is C28H36N2O4. The Hall–Kier alpha value is -2.88. The van der Waals surface area contributed by atoms with Gasteiger partial charge in [-0.25, -0.2) is 0 Å². The fraction of sp³-hybridized carbons (Fsp3) is 0.500. The third-order valence-corrected chi connectivity index (χ3v) is 6.28. The molecule has 0 saturated carbocycles. The number of ether oxygens (including phenoxy) is 2. The number of nitrogens with one attached hydrogen (secondary N) is 1. The normalized spacial score (nSPS) is 14.3. The van der Waals surface area contributed by atoms with E-state index in [4.69, 9.17) is 9.47 Å². The molecule has 0 radical (unpaired) electrons. The highest BCUT2D eigenvalue weighted by molar-refractivity contribution is 5.69. The van der Waals surface area contributed by atoms with Crippen molar-refractivity contribution < 1.29 is 19.4 Å². The van der Waals surface area contributed by atoms with Gasteiger partial charge in [0.15, 0.2) is 0 Å². The molecule has 0 aromatic heterocycles. The Morgan fingerprint density at radius 1 is 1.24 bits per heavy atom. The highest BCUT2D eigenvalue weighted by Crippen LogP contribution is 2.32. The summed E-state index contributed by atoms with van der Waals surface area (Å²) in [6.07, 6.45) is 3.22. The minimum atomic E-state index is -0.705. The van der Waals surface area contributed by atoms with Crippen molar-refractivity contribution in [2.45, 2.75) is 64.5 Å². The molecule has 1 aliphatic carbocycles. The first-order valence-electron chi connectivity index (χ1n) is 12.1. The van der Waals surface area contributed by atoms with E-state index < -0.39 is 6.10 Å². The van der Waals surface area contributed by atoms with E-state index in [0.29, 0.717) is 36.8 Å². The standard InChI is InChI=1S/C28H36N2O4/c1-4-33-27(32)12-11-22-10-9-20(17-29)15-26(22)34-19-25(31)18-30-28(2,3)16-21-13-23-7-5-6-8-24(23)14-21/h5-10,15,21,25,30-31H,4,11-14,16,18-19H2,1-3H3. The van der Waals surface area contributed by atoms with Gasteiger partial charge in [0.25, 0.3) is 0 Å². The number of aliphatic hydroxyl groups excluding tert-OH is 1. The zero-order valence-corrected chi connectivity index (χ0v) is 20.5. The lowest BCUT2D eigenvalue weighted by molar-refractivity contribution is -0.143. The summed E-state index contributed by atoms with van der Waals surface area (Å²) in [5, 5.41) is 23.3. The van der Waals surface area contributed by atoms with Crippen LogP contribution in [-0.4, -0.2) is 42.5 Å². The molecule has 6 heteroatoms. The molecule has 1 unspecified atom stereocenters. The molecule has 2 aromatic rings. The summed E-state index contributed by atoms with van der Waals surface area (Å²) >= 11 is 0. The van der Waals surface area contributed by atoms with Crippen molar-refractivity contribution in [3.63, 3.8) is 0 Å². The van der Waals surface area contributed by atoms with Crippen LogP contribution in [0.4, 0.5) is 0 Å². The number of β-amino-alcohol motifs (C(OH)–C–C–N with tert-alkyl or cyclic N) is 1. The van der Waals surface area contributed by atoms with E-state index in [9.17, 15) is 15.2 Å². The van der Waals surface area contributed by atoms with E-state index in [2.05, 4.69) is 49.5 Å². The molecule has 2 N–H and O–H groups in total. The second kappa shape index (κ2) is 12.0. The molecule has 0 saturated heterocycles. The maximum Gasteiger partial charge on any atom is 0.306 e. The zero-order chi connectivity index (χ0) is 24.6. The quantitative estimate of drug-likeness (QED) is 0.462. The zero-order valence-electron chi connectivity index (χ0n) is 20.5.